The molecule has 3 nitrogen and oxygen atoms in total. The molecule has 0 bridgehead atoms. The molecular weight excluding hydrogens is 288 g/mol. The monoisotopic (exact) mass is 320 g/mol. The number of methoxy groups -OCH3 is 1. The summed E-state index contributed by atoms with van der Waals surface area (Å²) in [5.41, 5.74) is 0.0345. The van der Waals surface area contributed by atoms with Crippen LogP contribution in [0.3, 0.4) is 0 Å². The van der Waals surface area contributed by atoms with Crippen molar-refractivity contribution in [1.82, 2.24) is 0 Å². The Labute approximate surface area is 140 Å². The van der Waals surface area contributed by atoms with Crippen LogP contribution in [0, 0.1) is 35.0 Å². The van der Waals surface area contributed by atoms with Crippen LogP contribution in [0.1, 0.15) is 64.7 Å². The van der Waals surface area contributed by atoms with Crippen LogP contribution in [-0.2, 0) is 14.3 Å². The van der Waals surface area contributed by atoms with E-state index in [1.807, 2.05) is 0 Å². The molecule has 4 aliphatic rings. The number of hydrogen-bond donors (Lipinski definition) is 0. The highest BCUT2D eigenvalue weighted by atomic mass is 16.7. The smallest absolute Gasteiger partial charge is 0.146 e. The minimum Gasteiger partial charge on any atom is -0.359 e. The molecule has 3 heteroatoms. The lowest BCUT2D eigenvalue weighted by Crippen LogP contribution is -2.47. The number of carbonyl (C=O) groups is 1. The molecule has 0 radical (unpaired) electrons. The third-order valence-corrected chi connectivity index (χ3v) is 7.99. The first-order chi connectivity index (χ1) is 11.1. The Hall–Kier alpha value is -0.410. The van der Waals surface area contributed by atoms with Crippen LogP contribution in [0.25, 0.3) is 0 Å². The fraction of sp³-hybridized carbons (Fsp3) is 0.950. The van der Waals surface area contributed by atoms with E-state index in [0.717, 1.165) is 36.5 Å². The molecule has 0 aromatic heterocycles. The number of hydrogen-bond acceptors (Lipinski definition) is 3. The van der Waals surface area contributed by atoms with E-state index in [1.54, 1.807) is 7.11 Å². The zero-order valence-electron chi connectivity index (χ0n) is 14.8. The van der Waals surface area contributed by atoms with Gasteiger partial charge < -0.3 is 9.47 Å². The van der Waals surface area contributed by atoms with Gasteiger partial charge in [-0.2, -0.15) is 0 Å². The highest BCUT2D eigenvalue weighted by Gasteiger charge is 2.56. The summed E-state index contributed by atoms with van der Waals surface area (Å²) >= 11 is 0. The maximum atomic E-state index is 12.4. The summed E-state index contributed by atoms with van der Waals surface area (Å²) in [5, 5.41) is 0. The minimum atomic E-state index is 0.0345. The average molecular weight is 320 g/mol. The molecule has 0 aromatic rings. The lowest BCUT2D eigenvalue weighted by atomic mass is 9.52. The molecule has 4 fully saturated rings. The van der Waals surface area contributed by atoms with Gasteiger partial charge in [-0.05, 0) is 81.0 Å². The Bertz CT molecular complexity index is 462. The second-order valence-corrected chi connectivity index (χ2v) is 8.95. The Morgan fingerprint density at radius 1 is 1.04 bits per heavy atom. The highest BCUT2D eigenvalue weighted by Crippen LogP contribution is 2.60. The number of fused-ring (bicyclic) bond motifs is 4. The number of carbonyl (C=O) groups excluding carboxylic acids is 1. The lowest BCUT2D eigenvalue weighted by molar-refractivity contribution is -0.133. The average Bonchev–Trinajstić information content (AvgIpc) is 2.87. The van der Waals surface area contributed by atoms with E-state index in [0.29, 0.717) is 24.6 Å². The predicted octanol–water partition coefficient (Wildman–Crippen LogP) is 4.20. The quantitative estimate of drug-likeness (QED) is 0.731. The van der Waals surface area contributed by atoms with Crippen molar-refractivity contribution in [3.05, 3.63) is 0 Å². The fourth-order valence-corrected chi connectivity index (χ4v) is 6.72. The van der Waals surface area contributed by atoms with Gasteiger partial charge in [-0.1, -0.05) is 6.92 Å². The predicted molar refractivity (Wildman–Crippen MR) is 88.9 cm³/mol. The third kappa shape index (κ3) is 2.68. The number of Topliss-reactive ketones (excluding diaryl/α,β-unsaturated/α-hetero) is 1. The van der Waals surface area contributed by atoms with Crippen LogP contribution < -0.4 is 0 Å². The van der Waals surface area contributed by atoms with E-state index in [2.05, 4.69) is 6.92 Å². The second-order valence-electron chi connectivity index (χ2n) is 8.95. The second kappa shape index (κ2) is 6.15. The molecule has 4 aliphatic carbocycles. The molecule has 130 valence electrons. The Morgan fingerprint density at radius 3 is 2.74 bits per heavy atom. The van der Waals surface area contributed by atoms with Crippen molar-refractivity contribution in [1.29, 1.82) is 0 Å². The molecule has 0 saturated heterocycles. The van der Waals surface area contributed by atoms with Crippen molar-refractivity contribution < 1.29 is 14.3 Å². The molecule has 23 heavy (non-hydrogen) atoms. The lowest BCUT2D eigenvalue weighted by Gasteiger charge is -2.53. The van der Waals surface area contributed by atoms with Crippen LogP contribution in [0.2, 0.25) is 0 Å². The van der Waals surface area contributed by atoms with Gasteiger partial charge in [-0.3, -0.25) is 4.79 Å². The van der Waals surface area contributed by atoms with Crippen LogP contribution in [0.5, 0.6) is 0 Å². The molecule has 0 heterocycles. The summed E-state index contributed by atoms with van der Waals surface area (Å²) in [5.74, 6) is 4.71. The molecule has 4 rings (SSSR count). The molecule has 0 N–H and O–H groups in total. The largest absolute Gasteiger partial charge is 0.359 e. The van der Waals surface area contributed by atoms with Crippen LogP contribution in [-0.4, -0.2) is 25.8 Å². The first-order valence-electron chi connectivity index (χ1n) is 9.75. The highest BCUT2D eigenvalue weighted by molar-refractivity contribution is 5.87. The van der Waals surface area contributed by atoms with Gasteiger partial charge in [0.25, 0.3) is 0 Å². The molecule has 0 amide bonds. The Balaban J connectivity index is 1.44. The normalized spacial score (nSPS) is 49.4. The Kier molecular flexibility index (Phi) is 4.30. The van der Waals surface area contributed by atoms with Gasteiger partial charge >= 0.3 is 0 Å². The first-order valence-corrected chi connectivity index (χ1v) is 9.75. The number of rotatable bonds is 3. The molecule has 7 atom stereocenters. The SMILES string of the molecule is COCO[C@H]1CC[C@H]2C[C@@H]3[C@H](CC[C@]4(C)C(=O)CC[C@@H]34)CC2C1. The molecule has 0 aromatic carbocycles. The van der Waals surface area contributed by atoms with Gasteiger partial charge in [0.2, 0.25) is 0 Å². The third-order valence-electron chi connectivity index (χ3n) is 7.99. The molecule has 1 unspecified atom stereocenters. The first kappa shape index (κ1) is 16.1. The summed E-state index contributed by atoms with van der Waals surface area (Å²) in [6.45, 7) is 2.72. The van der Waals surface area contributed by atoms with Crippen molar-refractivity contribution in [3.8, 4) is 0 Å². The van der Waals surface area contributed by atoms with Crippen LogP contribution in [0.4, 0.5) is 0 Å². The van der Waals surface area contributed by atoms with E-state index in [1.165, 1.54) is 44.9 Å². The number of ketones is 1. The van der Waals surface area contributed by atoms with Gasteiger partial charge in [0.15, 0.2) is 0 Å². The van der Waals surface area contributed by atoms with Gasteiger partial charge in [0.05, 0.1) is 6.10 Å². The maximum absolute atomic E-state index is 12.4. The number of ether oxygens (including phenoxy) is 2. The van der Waals surface area contributed by atoms with E-state index in [-0.39, 0.29) is 5.41 Å². The van der Waals surface area contributed by atoms with Gasteiger partial charge in [0.1, 0.15) is 12.6 Å². The van der Waals surface area contributed by atoms with Crippen molar-refractivity contribution in [2.75, 3.05) is 13.9 Å². The van der Waals surface area contributed by atoms with E-state index in [4.69, 9.17) is 9.47 Å². The summed E-state index contributed by atoms with van der Waals surface area (Å²) in [7, 11) is 1.71. The van der Waals surface area contributed by atoms with E-state index in [9.17, 15) is 4.79 Å². The van der Waals surface area contributed by atoms with Gasteiger partial charge in [-0.25, -0.2) is 0 Å². The summed E-state index contributed by atoms with van der Waals surface area (Å²) in [6.07, 6.45) is 11.4. The van der Waals surface area contributed by atoms with Crippen molar-refractivity contribution in [3.63, 3.8) is 0 Å². The van der Waals surface area contributed by atoms with Gasteiger partial charge in [0, 0.05) is 18.9 Å². The van der Waals surface area contributed by atoms with Gasteiger partial charge in [-0.15, -0.1) is 0 Å². The Morgan fingerprint density at radius 2 is 1.91 bits per heavy atom. The zero-order chi connectivity index (χ0) is 16.0. The topological polar surface area (TPSA) is 35.5 Å². The van der Waals surface area contributed by atoms with Crippen molar-refractivity contribution in [2.24, 2.45) is 35.0 Å². The van der Waals surface area contributed by atoms with E-state index >= 15 is 0 Å². The fourth-order valence-electron chi connectivity index (χ4n) is 6.72. The van der Waals surface area contributed by atoms with E-state index < -0.39 is 0 Å². The summed E-state index contributed by atoms with van der Waals surface area (Å²) in [4.78, 5) is 12.4. The van der Waals surface area contributed by atoms with Crippen molar-refractivity contribution in [2.45, 2.75) is 70.8 Å². The molecule has 0 aliphatic heterocycles. The minimum absolute atomic E-state index is 0.0345. The van der Waals surface area contributed by atoms with Crippen LogP contribution in [0.15, 0.2) is 0 Å². The maximum Gasteiger partial charge on any atom is 0.146 e. The molecule has 4 saturated carbocycles. The summed E-state index contributed by atoms with van der Waals surface area (Å²) in [6, 6.07) is 0. The molecule has 0 spiro atoms. The van der Waals surface area contributed by atoms with Crippen LogP contribution >= 0.6 is 0 Å². The zero-order valence-corrected chi connectivity index (χ0v) is 14.8. The molecular formula is C20H32O3. The standard InChI is InChI=1S/C20H32O3/c1-20-8-7-14-9-15-10-16(23-12-22-2)4-3-13(15)11-17(14)18(20)5-6-19(20)21/h13-18H,3-12H2,1-2H3/t13-,14+,15?,16-,17+,18-,20-/m0/s1. The van der Waals surface area contributed by atoms with Crippen molar-refractivity contribution >= 4 is 5.78 Å². The summed E-state index contributed by atoms with van der Waals surface area (Å²) < 4.78 is 10.9.